The third-order valence-corrected chi connectivity index (χ3v) is 5.01. The molecule has 1 saturated carbocycles. The first-order chi connectivity index (χ1) is 12.5. The maximum Gasteiger partial charge on any atom is 0.399 e. The average molecular weight is 410 g/mol. The van der Waals surface area contributed by atoms with Crippen molar-refractivity contribution >= 4 is 29.0 Å². The number of hydrogen-bond donors (Lipinski definition) is 1. The number of urea groups is 1. The molecule has 2 aromatic heterocycles. The maximum absolute atomic E-state index is 13.6. The molecule has 1 aliphatic heterocycles. The molecule has 1 N–H and O–H groups in total. The highest BCUT2D eigenvalue weighted by molar-refractivity contribution is 6.29. The first kappa shape index (κ1) is 18.2. The Morgan fingerprint density at radius 2 is 2.11 bits per heavy atom. The van der Waals surface area contributed by atoms with Crippen molar-refractivity contribution in [2.24, 2.45) is 0 Å². The highest BCUT2D eigenvalue weighted by atomic mass is 35.5. The molecule has 2 aromatic rings. The number of alkyl halides is 5. The summed E-state index contributed by atoms with van der Waals surface area (Å²) in [7, 11) is 0. The zero-order valence-electron chi connectivity index (χ0n) is 13.6. The van der Waals surface area contributed by atoms with Crippen LogP contribution in [0.5, 0.6) is 0 Å². The molecule has 2 aliphatic rings. The monoisotopic (exact) mass is 409 g/mol. The van der Waals surface area contributed by atoms with Gasteiger partial charge in [0.15, 0.2) is 10.8 Å². The minimum Gasteiger partial charge on any atom is -0.335 e. The fourth-order valence-corrected chi connectivity index (χ4v) is 3.77. The van der Waals surface area contributed by atoms with E-state index in [1.54, 1.807) is 0 Å². The van der Waals surface area contributed by atoms with Gasteiger partial charge in [-0.1, -0.05) is 11.6 Å². The van der Waals surface area contributed by atoms with E-state index in [4.69, 9.17) is 11.6 Å². The number of carbonyl (C=O) groups is 1. The topological polar surface area (TPSA) is 62.5 Å². The molecule has 146 valence electrons. The van der Waals surface area contributed by atoms with Crippen molar-refractivity contribution in [2.75, 3.05) is 11.4 Å². The molecule has 6 nitrogen and oxygen atoms in total. The van der Waals surface area contributed by atoms with Crippen LogP contribution in [0.2, 0.25) is 5.15 Å². The molecule has 0 saturated heterocycles. The van der Waals surface area contributed by atoms with Crippen molar-refractivity contribution in [2.45, 2.75) is 43.3 Å². The molecule has 0 bridgehead atoms. The molecular formula is C15H13ClF5N5O. The Labute approximate surface area is 154 Å². The minimum absolute atomic E-state index is 0.0343. The van der Waals surface area contributed by atoms with Crippen LogP contribution in [0.1, 0.15) is 30.9 Å². The van der Waals surface area contributed by atoms with E-state index in [1.165, 1.54) is 6.07 Å². The molecule has 2 unspecified atom stereocenters. The molecule has 1 fully saturated rings. The summed E-state index contributed by atoms with van der Waals surface area (Å²) in [6.45, 7) is -0.688. The van der Waals surface area contributed by atoms with Gasteiger partial charge in [-0.3, -0.25) is 4.90 Å². The Hall–Kier alpha value is -2.17. The molecule has 12 heteroatoms. The van der Waals surface area contributed by atoms with Crippen LogP contribution in [0, 0.1) is 0 Å². The van der Waals surface area contributed by atoms with Gasteiger partial charge in [0.05, 0.1) is 17.6 Å². The van der Waals surface area contributed by atoms with Gasteiger partial charge in [-0.05, 0) is 6.42 Å². The third kappa shape index (κ3) is 3.17. The highest BCUT2D eigenvalue weighted by Gasteiger charge is 2.51. The second kappa shape index (κ2) is 5.91. The van der Waals surface area contributed by atoms with Gasteiger partial charge in [0, 0.05) is 31.5 Å². The SMILES string of the molecule is O=C(NC1CCC(F)(F)C1)N1CC(C(F)(F)F)c2c1cnc1cc(Cl)nn21. The van der Waals surface area contributed by atoms with Gasteiger partial charge in [-0.25, -0.2) is 23.1 Å². The predicted molar refractivity (Wildman–Crippen MR) is 85.3 cm³/mol. The van der Waals surface area contributed by atoms with Gasteiger partial charge in [0.25, 0.3) is 0 Å². The molecule has 3 heterocycles. The van der Waals surface area contributed by atoms with E-state index < -0.39 is 43.1 Å². The van der Waals surface area contributed by atoms with E-state index in [1.807, 2.05) is 0 Å². The average Bonchev–Trinajstić information content (AvgIpc) is 3.19. The lowest BCUT2D eigenvalue weighted by atomic mass is 10.1. The van der Waals surface area contributed by atoms with E-state index in [0.717, 1.165) is 15.6 Å². The number of carbonyl (C=O) groups excluding carboxylic acids is 1. The summed E-state index contributed by atoms with van der Waals surface area (Å²) in [5.41, 5.74) is -0.219. The molecule has 0 spiro atoms. The van der Waals surface area contributed by atoms with Crippen LogP contribution < -0.4 is 10.2 Å². The van der Waals surface area contributed by atoms with Crippen LogP contribution in [-0.4, -0.2) is 45.3 Å². The number of fused-ring (bicyclic) bond motifs is 3. The summed E-state index contributed by atoms with van der Waals surface area (Å²) in [5.74, 6) is -4.88. The maximum atomic E-state index is 13.6. The van der Waals surface area contributed by atoms with Crippen LogP contribution >= 0.6 is 11.6 Å². The number of halogens is 6. The Morgan fingerprint density at radius 3 is 2.74 bits per heavy atom. The lowest BCUT2D eigenvalue weighted by molar-refractivity contribution is -0.147. The first-order valence-corrected chi connectivity index (χ1v) is 8.50. The summed E-state index contributed by atoms with van der Waals surface area (Å²) in [6.07, 6.45) is -4.34. The Kier molecular flexibility index (Phi) is 3.99. The molecule has 4 rings (SSSR count). The second-order valence-corrected chi connectivity index (χ2v) is 7.10. The molecule has 0 aromatic carbocycles. The van der Waals surface area contributed by atoms with Crippen molar-refractivity contribution in [3.63, 3.8) is 0 Å². The largest absolute Gasteiger partial charge is 0.399 e. The van der Waals surface area contributed by atoms with Gasteiger partial charge >= 0.3 is 12.2 Å². The first-order valence-electron chi connectivity index (χ1n) is 8.12. The molecule has 0 radical (unpaired) electrons. The predicted octanol–water partition coefficient (Wildman–Crippen LogP) is 3.75. The quantitative estimate of drug-likeness (QED) is 0.730. The molecule has 1 aliphatic carbocycles. The molecular weight excluding hydrogens is 397 g/mol. The van der Waals surface area contributed by atoms with Gasteiger partial charge in [-0.15, -0.1) is 0 Å². The van der Waals surface area contributed by atoms with Crippen LogP contribution in [0.4, 0.5) is 32.4 Å². The number of nitrogens with one attached hydrogen (secondary N) is 1. The zero-order valence-corrected chi connectivity index (χ0v) is 14.4. The van der Waals surface area contributed by atoms with E-state index in [0.29, 0.717) is 0 Å². The van der Waals surface area contributed by atoms with Crippen LogP contribution in [0.3, 0.4) is 0 Å². The number of nitrogens with zero attached hydrogens (tertiary/aromatic N) is 4. The smallest absolute Gasteiger partial charge is 0.335 e. The van der Waals surface area contributed by atoms with Crippen molar-refractivity contribution in [3.05, 3.63) is 23.1 Å². The molecule has 2 atom stereocenters. The Bertz CT molecular complexity index is 914. The number of aromatic nitrogens is 3. The van der Waals surface area contributed by atoms with Gasteiger partial charge in [0.2, 0.25) is 5.92 Å². The summed E-state index contributed by atoms with van der Waals surface area (Å²) in [5, 5.41) is 6.19. The van der Waals surface area contributed by atoms with E-state index >= 15 is 0 Å². The Morgan fingerprint density at radius 1 is 1.37 bits per heavy atom. The van der Waals surface area contributed by atoms with Crippen LogP contribution in [-0.2, 0) is 0 Å². The van der Waals surface area contributed by atoms with Crippen molar-refractivity contribution in [1.29, 1.82) is 0 Å². The molecule has 2 amide bonds. The third-order valence-electron chi connectivity index (χ3n) is 4.83. The summed E-state index contributed by atoms with van der Waals surface area (Å²) < 4.78 is 68.3. The summed E-state index contributed by atoms with van der Waals surface area (Å²) >= 11 is 5.77. The summed E-state index contributed by atoms with van der Waals surface area (Å²) in [4.78, 5) is 17.4. The minimum atomic E-state index is -4.64. The van der Waals surface area contributed by atoms with E-state index in [9.17, 15) is 26.7 Å². The number of rotatable bonds is 1. The lowest BCUT2D eigenvalue weighted by Crippen LogP contribution is -2.44. The van der Waals surface area contributed by atoms with Gasteiger partial charge in [-0.2, -0.15) is 18.3 Å². The van der Waals surface area contributed by atoms with E-state index in [-0.39, 0.29) is 35.0 Å². The van der Waals surface area contributed by atoms with Crippen LogP contribution in [0.25, 0.3) is 5.65 Å². The Balaban J connectivity index is 1.68. The zero-order chi connectivity index (χ0) is 19.6. The van der Waals surface area contributed by atoms with Crippen molar-refractivity contribution < 1.29 is 26.7 Å². The van der Waals surface area contributed by atoms with E-state index in [2.05, 4.69) is 15.4 Å². The number of amides is 2. The van der Waals surface area contributed by atoms with Gasteiger partial charge in [0.1, 0.15) is 5.92 Å². The summed E-state index contributed by atoms with van der Waals surface area (Å²) in [6, 6.07) is -0.361. The van der Waals surface area contributed by atoms with Crippen LogP contribution in [0.15, 0.2) is 12.3 Å². The standard InChI is InChI=1S/C15H13ClF5N5O/c16-10-3-11-22-5-9-12(26(11)24-10)8(15(19,20)21)6-25(9)13(27)23-7-1-2-14(17,18)4-7/h3,5,7-8H,1-2,4,6H2,(H,23,27). The van der Waals surface area contributed by atoms with Crippen molar-refractivity contribution in [1.82, 2.24) is 19.9 Å². The number of anilines is 1. The normalized spacial score (nSPS) is 24.4. The second-order valence-electron chi connectivity index (χ2n) is 6.72. The van der Waals surface area contributed by atoms with Gasteiger partial charge < -0.3 is 5.32 Å². The fraction of sp³-hybridized carbons (Fsp3) is 0.533. The number of hydrogen-bond acceptors (Lipinski definition) is 3. The lowest BCUT2D eigenvalue weighted by Gasteiger charge is -2.21. The fourth-order valence-electron chi connectivity index (χ4n) is 3.59. The van der Waals surface area contributed by atoms with Crippen molar-refractivity contribution in [3.8, 4) is 0 Å². The molecule has 27 heavy (non-hydrogen) atoms. The highest BCUT2D eigenvalue weighted by Crippen LogP contribution is 2.45.